The highest BCUT2D eigenvalue weighted by atomic mass is 15.1. The van der Waals surface area contributed by atoms with Gasteiger partial charge in [0.25, 0.3) is 0 Å². The molecule has 0 N–H and O–H groups in total. The zero-order chi connectivity index (χ0) is 62.9. The molecule has 2 nitrogen and oxygen atoms in total. The number of rotatable bonds is 17. The van der Waals surface area contributed by atoms with Crippen molar-refractivity contribution in [2.75, 3.05) is 4.90 Å². The van der Waals surface area contributed by atoms with E-state index in [4.69, 9.17) is 4.98 Å². The first kappa shape index (κ1) is 58.2. The van der Waals surface area contributed by atoms with Gasteiger partial charge in [0.15, 0.2) is 0 Å². The van der Waals surface area contributed by atoms with Gasteiger partial charge in [-0.15, -0.1) is 0 Å². The van der Waals surface area contributed by atoms with Gasteiger partial charge in [-0.25, -0.2) is 0 Å². The van der Waals surface area contributed by atoms with E-state index in [1.165, 1.54) is 77.9 Å². The van der Waals surface area contributed by atoms with Gasteiger partial charge >= 0.3 is 0 Å². The molecule has 0 spiro atoms. The maximum Gasteiger partial charge on any atom is 0.0886 e. The van der Waals surface area contributed by atoms with Crippen molar-refractivity contribution in [1.29, 1.82) is 0 Å². The van der Waals surface area contributed by atoms with E-state index in [1.54, 1.807) is 0 Å². The number of hydrogen-bond donors (Lipinski definition) is 0. The van der Waals surface area contributed by atoms with Gasteiger partial charge in [0.1, 0.15) is 0 Å². The Balaban J connectivity index is 0.831. The van der Waals surface area contributed by atoms with Crippen molar-refractivity contribution in [3.05, 3.63) is 465 Å². The molecule has 0 fully saturated rings. The van der Waals surface area contributed by atoms with E-state index in [9.17, 15) is 0 Å². The molecule has 1 aromatic heterocycles. The zero-order valence-corrected chi connectivity index (χ0v) is 52.0. The molecule has 0 saturated heterocycles. The lowest BCUT2D eigenvalue weighted by molar-refractivity contribution is 0.734. The van der Waals surface area contributed by atoms with E-state index in [0.717, 1.165) is 61.7 Å². The molecule has 0 bridgehead atoms. The van der Waals surface area contributed by atoms with Crippen LogP contribution in [0.25, 0.3) is 57.7 Å². The quantitative estimate of drug-likeness (QED) is 0.0845. The summed E-state index contributed by atoms with van der Waals surface area (Å²) in [5.74, 6) is 0. The Hall–Kier alpha value is -12.2. The fourth-order valence-corrected chi connectivity index (χ4v) is 13.7. The number of para-hydroxylation sites is 2. The molecule has 1 aliphatic carbocycles. The van der Waals surface area contributed by atoms with E-state index < -0.39 is 5.41 Å². The van der Waals surface area contributed by atoms with Crippen molar-refractivity contribution in [1.82, 2.24) is 4.98 Å². The summed E-state index contributed by atoms with van der Waals surface area (Å²) in [5.41, 5.74) is 27.8. The lowest BCUT2D eigenvalue weighted by atomic mass is 9.69. The van der Waals surface area contributed by atoms with Crippen LogP contribution in [0.1, 0.15) is 89.1 Å². The molecular formula is C92H66N2. The maximum absolute atomic E-state index is 5.34. The highest BCUT2D eigenvalue weighted by molar-refractivity contribution is 6.06. The van der Waals surface area contributed by atoms with Crippen LogP contribution >= 0.6 is 0 Å². The third kappa shape index (κ3) is 11.7. The van der Waals surface area contributed by atoms with Gasteiger partial charge in [0.05, 0.1) is 11.1 Å². The Kier molecular flexibility index (Phi) is 16.5. The summed E-state index contributed by atoms with van der Waals surface area (Å²) in [5, 5.41) is 0. The Morgan fingerprint density at radius 1 is 0.245 bits per heavy atom. The molecule has 94 heavy (non-hydrogen) atoms. The largest absolute Gasteiger partial charge is 0.311 e. The predicted octanol–water partition coefficient (Wildman–Crippen LogP) is 23.3. The standard InChI is InChI=1S/C92H66N2/c1-9-27-71(28-10-1)88(72-29-11-2-12-30-72)90(75-35-17-5-18-36-75)77-54-48-67(49-55-77)44-46-69-52-62-83-84-63-53-70(47-45-68-50-56-78(57-51-68)91(76-37-19-6-20-38-76)89(73-31-13-3-14-32-73)74-33-15-4-16-34-74)66-86(84)92(85(83)65-69,87-43-25-26-64-93-87)79-58-60-82(61-59-79)94(80-39-21-7-22-40-80)81-41-23-8-24-42-81/h1-66H/b46-44+,47-45+. The molecule has 444 valence electrons. The molecule has 0 atom stereocenters. The molecule has 0 saturated carbocycles. The molecule has 13 aromatic carbocycles. The molecule has 0 amide bonds. The van der Waals surface area contributed by atoms with E-state index in [0.29, 0.717) is 0 Å². The van der Waals surface area contributed by atoms with Crippen molar-refractivity contribution >= 4 is 63.7 Å². The van der Waals surface area contributed by atoms with Crippen LogP contribution in [0.15, 0.2) is 376 Å². The van der Waals surface area contributed by atoms with Crippen LogP contribution in [0.5, 0.6) is 0 Å². The zero-order valence-electron chi connectivity index (χ0n) is 52.0. The maximum atomic E-state index is 5.34. The van der Waals surface area contributed by atoms with Crippen LogP contribution in [0, 0.1) is 0 Å². The summed E-state index contributed by atoms with van der Waals surface area (Å²) in [6.07, 6.45) is 11.0. The van der Waals surface area contributed by atoms with Crippen molar-refractivity contribution < 1.29 is 0 Å². The average Bonchev–Trinajstić information content (AvgIpc) is 1.53. The van der Waals surface area contributed by atoms with Crippen LogP contribution in [-0.2, 0) is 5.41 Å². The number of anilines is 3. The van der Waals surface area contributed by atoms with Crippen molar-refractivity contribution in [2.24, 2.45) is 0 Å². The van der Waals surface area contributed by atoms with Gasteiger partial charge < -0.3 is 4.90 Å². The third-order valence-corrected chi connectivity index (χ3v) is 18.0. The number of hydrogen-bond acceptors (Lipinski definition) is 2. The molecule has 15 rings (SSSR count). The second kappa shape index (κ2) is 26.7. The summed E-state index contributed by atoms with van der Waals surface area (Å²) in [6.45, 7) is 0. The fourth-order valence-electron chi connectivity index (χ4n) is 13.7. The number of pyridine rings is 1. The Morgan fingerprint density at radius 3 is 0.840 bits per heavy atom. The van der Waals surface area contributed by atoms with Crippen LogP contribution in [0.4, 0.5) is 17.1 Å². The molecule has 0 radical (unpaired) electrons. The molecule has 0 unspecified atom stereocenters. The average molecular weight is 1200 g/mol. The molecule has 1 heterocycles. The smallest absolute Gasteiger partial charge is 0.0886 e. The van der Waals surface area contributed by atoms with Crippen molar-refractivity contribution in [3.8, 4) is 11.1 Å². The monoisotopic (exact) mass is 1200 g/mol. The summed E-state index contributed by atoms with van der Waals surface area (Å²) in [7, 11) is 0. The first-order valence-corrected chi connectivity index (χ1v) is 32.2. The number of benzene rings is 13. The van der Waals surface area contributed by atoms with Crippen LogP contribution in [0.2, 0.25) is 0 Å². The SMILES string of the molecule is C(=C\c1ccc2c(c1)C(c1ccc(N(c3ccccc3)c3ccccc3)cc1)(c1ccccn1)c1cc(/C=C/c3ccc(C(=C(c4ccccc4)c4ccccc4)c4ccccc4)cc3)ccc1-2)/c1ccc(C(=C(c2ccccc2)c2ccccc2)c2ccccc2)cc1. The molecule has 1 aliphatic rings. The van der Waals surface area contributed by atoms with Crippen LogP contribution in [-0.4, -0.2) is 4.98 Å². The minimum Gasteiger partial charge on any atom is -0.311 e. The summed E-state index contributed by atoms with van der Waals surface area (Å²) >= 11 is 0. The first-order chi connectivity index (χ1) is 46.6. The number of nitrogens with zero attached hydrogens (tertiary/aromatic N) is 2. The van der Waals surface area contributed by atoms with Gasteiger partial charge in [-0.1, -0.05) is 334 Å². The summed E-state index contributed by atoms with van der Waals surface area (Å²) < 4.78 is 0. The van der Waals surface area contributed by atoms with Gasteiger partial charge in [-0.05, 0) is 178 Å². The normalized spacial score (nSPS) is 12.0. The first-order valence-electron chi connectivity index (χ1n) is 32.2. The van der Waals surface area contributed by atoms with Gasteiger partial charge in [-0.2, -0.15) is 0 Å². The molecule has 0 aliphatic heterocycles. The lowest BCUT2D eigenvalue weighted by Gasteiger charge is -2.33. The Bertz CT molecular complexity index is 4650. The van der Waals surface area contributed by atoms with Crippen LogP contribution in [0.3, 0.4) is 0 Å². The van der Waals surface area contributed by atoms with Gasteiger partial charge in [0.2, 0.25) is 0 Å². The highest BCUT2D eigenvalue weighted by Gasteiger charge is 2.47. The van der Waals surface area contributed by atoms with E-state index in [1.807, 2.05) is 12.3 Å². The second-order valence-electron chi connectivity index (χ2n) is 23.7. The Labute approximate surface area is 552 Å². The number of aromatic nitrogens is 1. The lowest BCUT2D eigenvalue weighted by Crippen LogP contribution is -2.30. The summed E-state index contributed by atoms with van der Waals surface area (Å²) in [4.78, 5) is 7.67. The van der Waals surface area contributed by atoms with Gasteiger partial charge in [0, 0.05) is 23.3 Å². The van der Waals surface area contributed by atoms with Crippen molar-refractivity contribution in [2.45, 2.75) is 5.41 Å². The Morgan fingerprint density at radius 2 is 0.521 bits per heavy atom. The summed E-state index contributed by atoms with van der Waals surface area (Å²) in [6, 6.07) is 134. The minimum atomic E-state index is -0.795. The minimum absolute atomic E-state index is 0.795. The van der Waals surface area contributed by atoms with E-state index in [2.05, 4.69) is 393 Å². The fraction of sp³-hybridized carbons (Fsp3) is 0.0109. The second-order valence-corrected chi connectivity index (χ2v) is 23.7. The number of fused-ring (bicyclic) bond motifs is 3. The molecule has 2 heteroatoms. The predicted molar refractivity (Wildman–Crippen MR) is 396 cm³/mol. The third-order valence-electron chi connectivity index (χ3n) is 18.0. The molecule has 14 aromatic rings. The molecular weight excluding hydrogens is 1130 g/mol. The highest BCUT2D eigenvalue weighted by Crippen LogP contribution is 2.57. The topological polar surface area (TPSA) is 16.1 Å². The van der Waals surface area contributed by atoms with Crippen molar-refractivity contribution in [3.63, 3.8) is 0 Å². The van der Waals surface area contributed by atoms with Gasteiger partial charge in [-0.3, -0.25) is 4.98 Å². The van der Waals surface area contributed by atoms with Crippen LogP contribution < -0.4 is 4.90 Å². The van der Waals surface area contributed by atoms with E-state index >= 15 is 0 Å². The van der Waals surface area contributed by atoms with E-state index in [-0.39, 0.29) is 0 Å².